The van der Waals surface area contributed by atoms with Gasteiger partial charge in [0.15, 0.2) is 0 Å². The number of anilines is 1. The second kappa shape index (κ2) is 6.02. The highest BCUT2D eigenvalue weighted by Crippen LogP contribution is 2.38. The number of H-pyrrole nitrogens is 1. The predicted molar refractivity (Wildman–Crippen MR) is 96.5 cm³/mol. The molecule has 2 aromatic rings. The summed E-state index contributed by atoms with van der Waals surface area (Å²) in [5.74, 6) is 0.693. The molecule has 3 N–H and O–H groups in total. The predicted octanol–water partition coefficient (Wildman–Crippen LogP) is 3.87. The number of amides is 1. The van der Waals surface area contributed by atoms with Crippen LogP contribution in [0.1, 0.15) is 40.9 Å². The third-order valence-electron chi connectivity index (χ3n) is 4.83. The van der Waals surface area contributed by atoms with Crippen LogP contribution < -0.4 is 5.32 Å². The van der Waals surface area contributed by atoms with E-state index in [1.54, 1.807) is 6.08 Å². The van der Waals surface area contributed by atoms with Gasteiger partial charge in [0.25, 0.3) is 5.91 Å². The molecule has 1 aliphatic carbocycles. The van der Waals surface area contributed by atoms with Crippen LogP contribution in [-0.4, -0.2) is 21.9 Å². The summed E-state index contributed by atoms with van der Waals surface area (Å²) >= 11 is 5.83. The first-order valence-corrected chi connectivity index (χ1v) is 8.86. The summed E-state index contributed by atoms with van der Waals surface area (Å²) in [6, 6.07) is 5.89. The molecule has 0 atom stereocenters. The van der Waals surface area contributed by atoms with Crippen LogP contribution in [-0.2, 0) is 24.1 Å². The van der Waals surface area contributed by atoms with Crippen molar-refractivity contribution in [3.8, 4) is 5.75 Å². The van der Waals surface area contributed by atoms with Gasteiger partial charge in [-0.3, -0.25) is 4.79 Å². The Morgan fingerprint density at radius 1 is 1.25 bits per heavy atom. The fourth-order valence-electron chi connectivity index (χ4n) is 3.58. The number of carbonyl (C=O) groups is 1. The van der Waals surface area contributed by atoms with E-state index >= 15 is 0 Å². The minimum atomic E-state index is -0.139. The number of halogens is 1. The van der Waals surface area contributed by atoms with E-state index in [0.717, 1.165) is 60.2 Å². The number of nitrogens with one attached hydrogen (secondary N) is 2. The van der Waals surface area contributed by atoms with Crippen molar-refractivity contribution in [1.29, 1.82) is 0 Å². The molecule has 1 aromatic carbocycles. The molecule has 0 spiro atoms. The molecule has 0 bridgehead atoms. The lowest BCUT2D eigenvalue weighted by Gasteiger charge is -2.09. The average Bonchev–Trinajstić information content (AvgIpc) is 3.06. The number of fused-ring (bicyclic) bond motifs is 2. The number of aromatic hydroxyl groups is 1. The summed E-state index contributed by atoms with van der Waals surface area (Å²) < 4.78 is 0. The number of aromatic nitrogens is 1. The molecule has 1 amide bonds. The molecule has 4 nitrogen and oxygen atoms in total. The minimum Gasteiger partial charge on any atom is -0.505 e. The van der Waals surface area contributed by atoms with Crippen LogP contribution in [0.3, 0.4) is 0 Å². The molecule has 1 aliphatic heterocycles. The molecule has 0 fully saturated rings. The van der Waals surface area contributed by atoms with E-state index in [2.05, 4.69) is 10.3 Å². The Kier molecular flexibility index (Phi) is 3.85. The van der Waals surface area contributed by atoms with E-state index in [9.17, 15) is 9.90 Å². The Labute approximate surface area is 145 Å². The molecular formula is C19H19ClN2O2. The molecule has 24 heavy (non-hydrogen) atoms. The molecule has 0 radical (unpaired) electrons. The zero-order chi connectivity index (χ0) is 16.7. The van der Waals surface area contributed by atoms with Gasteiger partial charge in [-0.2, -0.15) is 0 Å². The van der Waals surface area contributed by atoms with Crippen molar-refractivity contribution in [2.75, 3.05) is 11.2 Å². The normalized spacial score (nSPS) is 17.7. The van der Waals surface area contributed by atoms with Crippen LogP contribution in [0, 0.1) is 0 Å². The third kappa shape index (κ3) is 2.51. The number of benzene rings is 1. The number of rotatable bonds is 3. The van der Waals surface area contributed by atoms with Crippen molar-refractivity contribution < 1.29 is 9.90 Å². The van der Waals surface area contributed by atoms with Crippen molar-refractivity contribution in [2.24, 2.45) is 0 Å². The van der Waals surface area contributed by atoms with E-state index in [4.69, 9.17) is 11.6 Å². The fraction of sp³-hybridized carbons (Fsp3) is 0.316. The van der Waals surface area contributed by atoms with Crippen LogP contribution >= 0.6 is 11.6 Å². The average molecular weight is 343 g/mol. The van der Waals surface area contributed by atoms with Gasteiger partial charge in [0, 0.05) is 28.4 Å². The van der Waals surface area contributed by atoms with Gasteiger partial charge in [-0.25, -0.2) is 0 Å². The summed E-state index contributed by atoms with van der Waals surface area (Å²) in [6.07, 6.45) is 6.60. The van der Waals surface area contributed by atoms with E-state index < -0.39 is 0 Å². The summed E-state index contributed by atoms with van der Waals surface area (Å²) in [7, 11) is 0. The second-order valence-electron chi connectivity index (χ2n) is 6.38. The smallest absolute Gasteiger partial charge is 0.256 e. The number of aryl methyl sites for hydroxylation is 2. The monoisotopic (exact) mass is 342 g/mol. The SMILES string of the molecule is O=C1Nc2ccc(CCCl)cc2C1=Cc1[nH]c2c(c1O)CCCC2. The second-order valence-corrected chi connectivity index (χ2v) is 6.76. The molecule has 2 aliphatic rings. The first-order valence-electron chi connectivity index (χ1n) is 8.32. The molecule has 2 heterocycles. The standard InChI is InChI=1S/C19H19ClN2O2/c20-8-7-11-5-6-16-13(9-11)14(19(24)22-16)10-17-18(23)12-3-1-2-4-15(12)21-17/h5-6,9-10,21,23H,1-4,7-8H2,(H,22,24). The molecule has 124 valence electrons. The van der Waals surface area contributed by atoms with Crippen molar-refractivity contribution >= 4 is 34.8 Å². The summed E-state index contributed by atoms with van der Waals surface area (Å²) in [4.78, 5) is 15.7. The topological polar surface area (TPSA) is 65.1 Å². The first kappa shape index (κ1) is 15.3. The molecule has 4 rings (SSSR count). The zero-order valence-electron chi connectivity index (χ0n) is 13.3. The van der Waals surface area contributed by atoms with Gasteiger partial charge in [-0.1, -0.05) is 6.07 Å². The van der Waals surface area contributed by atoms with Gasteiger partial charge in [-0.15, -0.1) is 11.6 Å². The highest BCUT2D eigenvalue weighted by molar-refractivity contribution is 6.35. The molecule has 0 saturated heterocycles. The number of alkyl halides is 1. The van der Waals surface area contributed by atoms with Crippen LogP contribution in [0.25, 0.3) is 11.6 Å². The Morgan fingerprint density at radius 2 is 2.08 bits per heavy atom. The molecule has 1 aromatic heterocycles. The number of carbonyl (C=O) groups excluding carboxylic acids is 1. The third-order valence-corrected chi connectivity index (χ3v) is 5.02. The first-order chi connectivity index (χ1) is 11.7. The Balaban J connectivity index is 1.77. The number of hydrogen-bond donors (Lipinski definition) is 3. The van der Waals surface area contributed by atoms with Crippen LogP contribution in [0.15, 0.2) is 18.2 Å². The van der Waals surface area contributed by atoms with Gasteiger partial charge in [0.05, 0.1) is 11.3 Å². The van der Waals surface area contributed by atoms with Crippen molar-refractivity contribution in [3.05, 3.63) is 46.3 Å². The lowest BCUT2D eigenvalue weighted by Crippen LogP contribution is -2.03. The van der Waals surface area contributed by atoms with Crippen molar-refractivity contribution in [1.82, 2.24) is 4.98 Å². The lowest BCUT2D eigenvalue weighted by molar-refractivity contribution is -0.110. The quantitative estimate of drug-likeness (QED) is 0.585. The Bertz CT molecular complexity index is 851. The number of aromatic amines is 1. The van der Waals surface area contributed by atoms with Crippen molar-refractivity contribution in [3.63, 3.8) is 0 Å². The van der Waals surface area contributed by atoms with E-state index in [-0.39, 0.29) is 11.7 Å². The maximum atomic E-state index is 12.4. The molecule has 5 heteroatoms. The fourth-order valence-corrected chi connectivity index (χ4v) is 3.80. The van der Waals surface area contributed by atoms with E-state index in [1.165, 1.54) is 0 Å². The summed E-state index contributed by atoms with van der Waals surface area (Å²) in [5.41, 5.74) is 6.08. The maximum absolute atomic E-state index is 12.4. The molecular weight excluding hydrogens is 324 g/mol. The molecule has 0 unspecified atom stereocenters. The van der Waals surface area contributed by atoms with Gasteiger partial charge < -0.3 is 15.4 Å². The zero-order valence-corrected chi connectivity index (χ0v) is 14.0. The summed E-state index contributed by atoms with van der Waals surface area (Å²) in [5, 5.41) is 13.4. The van der Waals surface area contributed by atoms with E-state index in [1.807, 2.05) is 18.2 Å². The summed E-state index contributed by atoms with van der Waals surface area (Å²) in [6.45, 7) is 0. The Morgan fingerprint density at radius 3 is 2.88 bits per heavy atom. The highest BCUT2D eigenvalue weighted by atomic mass is 35.5. The van der Waals surface area contributed by atoms with Crippen LogP contribution in [0.5, 0.6) is 5.75 Å². The molecule has 0 saturated carbocycles. The van der Waals surface area contributed by atoms with Gasteiger partial charge in [0.1, 0.15) is 5.75 Å². The highest BCUT2D eigenvalue weighted by Gasteiger charge is 2.26. The lowest BCUT2D eigenvalue weighted by atomic mass is 9.97. The van der Waals surface area contributed by atoms with Gasteiger partial charge >= 0.3 is 0 Å². The largest absolute Gasteiger partial charge is 0.505 e. The number of hydrogen-bond acceptors (Lipinski definition) is 2. The maximum Gasteiger partial charge on any atom is 0.256 e. The minimum absolute atomic E-state index is 0.139. The van der Waals surface area contributed by atoms with Crippen LogP contribution in [0.2, 0.25) is 0 Å². The van der Waals surface area contributed by atoms with E-state index in [0.29, 0.717) is 17.1 Å². The van der Waals surface area contributed by atoms with Crippen molar-refractivity contribution in [2.45, 2.75) is 32.1 Å². The van der Waals surface area contributed by atoms with Gasteiger partial charge in [0.2, 0.25) is 0 Å². The van der Waals surface area contributed by atoms with Crippen LogP contribution in [0.4, 0.5) is 5.69 Å². The van der Waals surface area contributed by atoms with Gasteiger partial charge in [-0.05, 0) is 55.9 Å². The Hall–Kier alpha value is -2.20.